The summed E-state index contributed by atoms with van der Waals surface area (Å²) in [5.74, 6) is -4.09. The predicted octanol–water partition coefficient (Wildman–Crippen LogP) is 1.92. The number of aromatic nitrogens is 1. The van der Waals surface area contributed by atoms with Gasteiger partial charge in [0, 0.05) is 0 Å². The molecule has 2 rings (SSSR count). The van der Waals surface area contributed by atoms with Gasteiger partial charge < -0.3 is 10.2 Å². The highest BCUT2D eigenvalue weighted by Gasteiger charge is 2.32. The fourth-order valence-corrected chi connectivity index (χ4v) is 2.82. The Morgan fingerprint density at radius 2 is 1.94 bits per heavy atom. The standard InChI is InChI=1S/C11H7NO4S2/c13-10(14)7(8(17)11(15)16)9-12-5-3-1-2-4-6(5)18-9/h1-4,7H,(H,13,14)(H,15,16). The van der Waals surface area contributed by atoms with E-state index in [1.165, 1.54) is 0 Å². The third-order valence-electron chi connectivity index (χ3n) is 2.28. The molecule has 0 aliphatic carbocycles. The average Bonchev–Trinajstić information content (AvgIpc) is 2.71. The second kappa shape index (κ2) is 4.79. The Hall–Kier alpha value is -1.86. The normalized spacial score (nSPS) is 12.2. The Bertz CT molecular complexity index is 616. The first kappa shape index (κ1) is 12.6. The minimum Gasteiger partial charge on any atom is -0.480 e. The number of hydrogen-bond acceptors (Lipinski definition) is 5. The van der Waals surface area contributed by atoms with E-state index in [-0.39, 0.29) is 5.01 Å². The molecule has 0 amide bonds. The second-order valence-corrected chi connectivity index (χ2v) is 4.96. The highest BCUT2D eigenvalue weighted by Crippen LogP contribution is 2.28. The van der Waals surface area contributed by atoms with Gasteiger partial charge in [0.15, 0.2) is 5.92 Å². The Balaban J connectivity index is 2.51. The molecular weight excluding hydrogens is 274 g/mol. The van der Waals surface area contributed by atoms with Gasteiger partial charge in [-0.15, -0.1) is 11.3 Å². The fourth-order valence-electron chi connectivity index (χ4n) is 1.47. The van der Waals surface area contributed by atoms with Crippen molar-refractivity contribution >= 4 is 50.6 Å². The van der Waals surface area contributed by atoms with Crippen LogP contribution < -0.4 is 0 Å². The van der Waals surface area contributed by atoms with Crippen LogP contribution in [-0.4, -0.2) is 32.0 Å². The van der Waals surface area contributed by atoms with Gasteiger partial charge in [-0.05, 0) is 12.1 Å². The van der Waals surface area contributed by atoms with Crippen LogP contribution in [-0.2, 0) is 9.59 Å². The number of thiazole rings is 1. The van der Waals surface area contributed by atoms with Crippen LogP contribution in [0.5, 0.6) is 0 Å². The van der Waals surface area contributed by atoms with Gasteiger partial charge >= 0.3 is 11.9 Å². The van der Waals surface area contributed by atoms with Crippen molar-refractivity contribution in [3.8, 4) is 0 Å². The van der Waals surface area contributed by atoms with E-state index >= 15 is 0 Å². The summed E-state index contributed by atoms with van der Waals surface area (Å²) in [6.45, 7) is 0. The van der Waals surface area contributed by atoms with Gasteiger partial charge in [0.2, 0.25) is 0 Å². The van der Waals surface area contributed by atoms with Crippen LogP contribution in [0.3, 0.4) is 0 Å². The Kier molecular flexibility index (Phi) is 3.35. The Labute approximate surface area is 111 Å². The lowest BCUT2D eigenvalue weighted by Crippen LogP contribution is -2.26. The van der Waals surface area contributed by atoms with Gasteiger partial charge in [-0.25, -0.2) is 9.78 Å². The lowest BCUT2D eigenvalue weighted by molar-refractivity contribution is -0.138. The van der Waals surface area contributed by atoms with Crippen molar-refractivity contribution in [2.75, 3.05) is 0 Å². The third kappa shape index (κ3) is 2.22. The van der Waals surface area contributed by atoms with Crippen molar-refractivity contribution in [2.45, 2.75) is 5.92 Å². The van der Waals surface area contributed by atoms with E-state index < -0.39 is 22.7 Å². The van der Waals surface area contributed by atoms with Gasteiger partial charge in [-0.1, -0.05) is 24.4 Å². The van der Waals surface area contributed by atoms with E-state index in [0.29, 0.717) is 5.52 Å². The smallest absolute Gasteiger partial charge is 0.343 e. The molecule has 1 unspecified atom stereocenters. The molecule has 1 atom stereocenters. The molecule has 0 fully saturated rings. The van der Waals surface area contributed by atoms with E-state index in [0.717, 1.165) is 16.0 Å². The summed E-state index contributed by atoms with van der Waals surface area (Å²) in [5.41, 5.74) is 0.636. The van der Waals surface area contributed by atoms with E-state index in [9.17, 15) is 9.59 Å². The zero-order chi connectivity index (χ0) is 13.3. The molecule has 1 heterocycles. The maximum Gasteiger partial charge on any atom is 0.343 e. The molecule has 0 saturated carbocycles. The van der Waals surface area contributed by atoms with Crippen LogP contribution in [0.2, 0.25) is 0 Å². The van der Waals surface area contributed by atoms with Crippen molar-refractivity contribution in [3.63, 3.8) is 0 Å². The summed E-state index contributed by atoms with van der Waals surface area (Å²) in [5, 5.41) is 18.1. The van der Waals surface area contributed by atoms with Crippen LogP contribution >= 0.6 is 23.6 Å². The van der Waals surface area contributed by atoms with Crippen molar-refractivity contribution in [1.29, 1.82) is 0 Å². The quantitative estimate of drug-likeness (QED) is 0.832. The number of rotatable bonds is 4. The van der Waals surface area contributed by atoms with E-state index in [2.05, 4.69) is 17.2 Å². The first-order valence-electron chi connectivity index (χ1n) is 4.86. The molecule has 0 radical (unpaired) electrons. The number of fused-ring (bicyclic) bond motifs is 1. The number of hydrogen-bond donors (Lipinski definition) is 2. The highest BCUT2D eigenvalue weighted by atomic mass is 32.1. The maximum atomic E-state index is 11.1. The van der Waals surface area contributed by atoms with E-state index in [1.54, 1.807) is 24.3 Å². The van der Waals surface area contributed by atoms with Crippen LogP contribution in [0.25, 0.3) is 10.2 Å². The lowest BCUT2D eigenvalue weighted by Gasteiger charge is -2.06. The molecule has 0 bridgehead atoms. The molecule has 0 spiro atoms. The Morgan fingerprint density at radius 1 is 1.28 bits per heavy atom. The molecule has 18 heavy (non-hydrogen) atoms. The van der Waals surface area contributed by atoms with Crippen molar-refractivity contribution in [2.24, 2.45) is 0 Å². The summed E-state index contributed by atoms with van der Waals surface area (Å²) in [7, 11) is 0. The van der Waals surface area contributed by atoms with Crippen LogP contribution in [0.1, 0.15) is 10.9 Å². The SMILES string of the molecule is O=C(O)C(=S)C(C(=O)O)c1nc2ccccc2s1. The molecule has 1 aromatic heterocycles. The van der Waals surface area contributed by atoms with E-state index in [1.807, 2.05) is 0 Å². The predicted molar refractivity (Wildman–Crippen MR) is 70.2 cm³/mol. The van der Waals surface area contributed by atoms with Gasteiger partial charge in [-0.2, -0.15) is 0 Å². The largest absolute Gasteiger partial charge is 0.480 e. The van der Waals surface area contributed by atoms with Crippen LogP contribution in [0.4, 0.5) is 0 Å². The number of benzene rings is 1. The van der Waals surface area contributed by atoms with E-state index in [4.69, 9.17) is 10.2 Å². The monoisotopic (exact) mass is 281 g/mol. The van der Waals surface area contributed by atoms with Crippen LogP contribution in [0.15, 0.2) is 24.3 Å². The molecule has 5 nitrogen and oxygen atoms in total. The first-order chi connectivity index (χ1) is 8.50. The fraction of sp³-hybridized carbons (Fsp3) is 0.0909. The summed E-state index contributed by atoms with van der Waals surface area (Å²) in [6.07, 6.45) is 0. The van der Waals surface area contributed by atoms with Gasteiger partial charge in [0.1, 0.15) is 9.87 Å². The highest BCUT2D eigenvalue weighted by molar-refractivity contribution is 7.82. The molecule has 0 saturated heterocycles. The molecule has 2 aromatic rings. The minimum absolute atomic E-state index is 0.191. The second-order valence-electron chi connectivity index (χ2n) is 3.46. The van der Waals surface area contributed by atoms with Crippen molar-refractivity contribution < 1.29 is 19.8 Å². The molecule has 2 N–H and O–H groups in total. The van der Waals surface area contributed by atoms with Gasteiger partial charge in [0.05, 0.1) is 10.2 Å². The number of nitrogens with zero attached hydrogens (tertiary/aromatic N) is 1. The molecule has 1 aromatic carbocycles. The van der Waals surface area contributed by atoms with Crippen LogP contribution in [0, 0.1) is 0 Å². The molecule has 0 aliphatic heterocycles. The summed E-state index contributed by atoms with van der Waals surface area (Å²) < 4.78 is 0.798. The van der Waals surface area contributed by atoms with Crippen molar-refractivity contribution in [3.05, 3.63) is 29.3 Å². The molecule has 0 aliphatic rings. The topological polar surface area (TPSA) is 87.5 Å². The third-order valence-corrected chi connectivity index (χ3v) is 3.79. The number of aliphatic carboxylic acids is 2. The number of para-hydroxylation sites is 1. The van der Waals surface area contributed by atoms with Gasteiger partial charge in [-0.3, -0.25) is 4.79 Å². The number of carboxylic acid groups (broad SMARTS) is 2. The summed E-state index contributed by atoms with van der Waals surface area (Å²) in [6, 6.07) is 7.10. The molecule has 7 heteroatoms. The number of carbonyl (C=O) groups is 2. The van der Waals surface area contributed by atoms with Gasteiger partial charge in [0.25, 0.3) is 0 Å². The number of carboxylic acids is 2. The minimum atomic E-state index is -1.41. The number of thiocarbonyl (C=S) groups is 1. The molecule has 92 valence electrons. The first-order valence-corrected chi connectivity index (χ1v) is 6.08. The van der Waals surface area contributed by atoms with Crippen molar-refractivity contribution in [1.82, 2.24) is 4.98 Å². The zero-order valence-corrected chi connectivity index (χ0v) is 10.5. The maximum absolute atomic E-state index is 11.1. The Morgan fingerprint density at radius 3 is 2.50 bits per heavy atom. The summed E-state index contributed by atoms with van der Waals surface area (Å²) >= 11 is 5.79. The average molecular weight is 281 g/mol. The lowest BCUT2D eigenvalue weighted by atomic mass is 10.1. The molecular formula is C11H7NO4S2. The zero-order valence-electron chi connectivity index (χ0n) is 8.86. The summed E-state index contributed by atoms with van der Waals surface area (Å²) in [4.78, 5) is 25.5.